The number of aliphatic hydroxyl groups excluding tert-OH is 3. The quantitative estimate of drug-likeness (QED) is 0.222. The topological polar surface area (TPSA) is 174 Å². The summed E-state index contributed by atoms with van der Waals surface area (Å²) in [6, 6.07) is 0. The second-order valence-electron chi connectivity index (χ2n) is 3.24. The van der Waals surface area contributed by atoms with Gasteiger partial charge in [-0.1, -0.05) is 0 Å². The third-order valence-electron chi connectivity index (χ3n) is 2.04. The molecule has 0 aromatic rings. The largest absolute Gasteiger partial charge is 1.00 e. The van der Waals surface area contributed by atoms with Gasteiger partial charge in [0.05, 0.1) is 0 Å². The molecule has 0 bridgehead atoms. The van der Waals surface area contributed by atoms with Gasteiger partial charge in [0, 0.05) is 0 Å². The maximum Gasteiger partial charge on any atom is 1.00 e. The van der Waals surface area contributed by atoms with Crippen LogP contribution in [0.3, 0.4) is 0 Å². The van der Waals surface area contributed by atoms with Crippen LogP contribution in [0.15, 0.2) is 0 Å². The Morgan fingerprint density at radius 3 is 2.11 bits per heavy atom. The summed E-state index contributed by atoms with van der Waals surface area (Å²) in [5.74, 6) is -1.68. The van der Waals surface area contributed by atoms with Gasteiger partial charge < -0.3 is 29.7 Å². The summed E-state index contributed by atoms with van der Waals surface area (Å²) >= 11 is 0. The van der Waals surface area contributed by atoms with Crippen LogP contribution in [0.4, 0.5) is 0 Å². The minimum absolute atomic E-state index is 0. The Morgan fingerprint density at radius 1 is 1.22 bits per heavy atom. The second kappa shape index (κ2) is 6.56. The first-order chi connectivity index (χ1) is 7.63. The van der Waals surface area contributed by atoms with E-state index >= 15 is 0 Å². The molecule has 5 atom stereocenters. The number of carbonyl (C=O) groups is 1. The first-order valence-electron chi connectivity index (χ1n) is 4.20. The van der Waals surface area contributed by atoms with Crippen LogP contribution >= 0.6 is 0 Å². The van der Waals surface area contributed by atoms with Crippen molar-refractivity contribution in [3.63, 3.8) is 0 Å². The van der Waals surface area contributed by atoms with Gasteiger partial charge in [-0.25, -0.2) is 13.2 Å². The van der Waals surface area contributed by atoms with Gasteiger partial charge >= 0.3 is 35.5 Å². The van der Waals surface area contributed by atoms with E-state index in [9.17, 15) is 28.0 Å². The van der Waals surface area contributed by atoms with Gasteiger partial charge in [0.2, 0.25) is 10.4 Å². The van der Waals surface area contributed by atoms with Crippen LogP contribution in [0, 0.1) is 0 Å². The molecule has 1 heterocycles. The van der Waals surface area contributed by atoms with Crippen molar-refractivity contribution in [3.8, 4) is 0 Å². The summed E-state index contributed by atoms with van der Waals surface area (Å²) in [7, 11) is -5.26. The molecule has 0 spiro atoms. The Morgan fingerprint density at radius 2 is 1.72 bits per heavy atom. The van der Waals surface area contributed by atoms with Crippen molar-refractivity contribution >= 4 is 16.4 Å². The molecule has 0 radical (unpaired) electrons. The van der Waals surface area contributed by atoms with Gasteiger partial charge in [-0.15, -0.1) is 0 Å². The first kappa shape index (κ1) is 18.2. The van der Waals surface area contributed by atoms with E-state index < -0.39 is 47.1 Å². The van der Waals surface area contributed by atoms with Crippen LogP contribution in [0.5, 0.6) is 0 Å². The Balaban J connectivity index is 0.00000289. The summed E-state index contributed by atoms with van der Waals surface area (Å²) in [6.07, 6.45) is -10.4. The zero-order valence-electron chi connectivity index (χ0n) is 9.03. The molecule has 1 unspecified atom stereocenters. The van der Waals surface area contributed by atoms with Crippen LogP contribution < -0.4 is 29.6 Å². The number of carboxylic acid groups (broad SMARTS) is 1. The molecule has 1 saturated heterocycles. The predicted octanol–water partition coefficient (Wildman–Crippen LogP) is -6.64. The van der Waals surface area contributed by atoms with E-state index in [1.807, 2.05) is 0 Å². The minimum Gasteiger partial charge on any atom is -0.726 e. The molecule has 12 heteroatoms. The average Bonchev–Trinajstić information content (AvgIpc) is 2.16. The maximum absolute atomic E-state index is 10.5. The van der Waals surface area contributed by atoms with Gasteiger partial charge in [-0.3, -0.25) is 4.18 Å². The van der Waals surface area contributed by atoms with Crippen molar-refractivity contribution in [2.45, 2.75) is 30.7 Å². The third-order valence-corrected chi connectivity index (χ3v) is 2.49. The molecule has 0 saturated carbocycles. The zero-order chi connectivity index (χ0) is 13.4. The smallest absolute Gasteiger partial charge is 0.726 e. The van der Waals surface area contributed by atoms with E-state index in [0.29, 0.717) is 0 Å². The normalized spacial score (nSPS) is 36.8. The third kappa shape index (κ3) is 4.38. The fraction of sp³-hybridized carbons (Fsp3) is 0.833. The minimum atomic E-state index is -5.26. The van der Waals surface area contributed by atoms with Crippen LogP contribution in [-0.4, -0.2) is 70.1 Å². The number of aliphatic hydroxyl groups is 3. The molecule has 10 nitrogen and oxygen atoms in total. The number of ether oxygens (including phenoxy) is 1. The molecular formula is C6H9NaO10S. The van der Waals surface area contributed by atoms with Crippen LogP contribution in [0.25, 0.3) is 0 Å². The van der Waals surface area contributed by atoms with E-state index in [-0.39, 0.29) is 29.6 Å². The number of hydrogen-bond donors (Lipinski definition) is 4. The fourth-order valence-electron chi connectivity index (χ4n) is 1.30. The molecular weight excluding hydrogens is 287 g/mol. The standard InChI is InChI=1S/C6H10O10S.Na/c7-1-2(8)4(16-17(12,13)14)6(11)15-3(1)5(9)10;/h1-4,6-8,11H,(H,9,10)(H,12,13,14);/q;+1/p-1/t1-,2-,3+,4+,6?;/m1./s1. The van der Waals surface area contributed by atoms with Crippen LogP contribution in [0.2, 0.25) is 0 Å². The summed E-state index contributed by atoms with van der Waals surface area (Å²) in [5.41, 5.74) is 0. The predicted molar refractivity (Wildman–Crippen MR) is 45.1 cm³/mol. The Kier molecular flexibility index (Phi) is 6.63. The molecule has 0 amide bonds. The average molecular weight is 296 g/mol. The number of carboxylic acids is 1. The summed E-state index contributed by atoms with van der Waals surface area (Å²) in [5, 5.41) is 36.2. The van der Waals surface area contributed by atoms with Gasteiger partial charge in [0.1, 0.15) is 12.2 Å². The summed E-state index contributed by atoms with van der Waals surface area (Å²) < 4.78 is 38.8. The molecule has 100 valence electrons. The Hall–Kier alpha value is 0.180. The first-order valence-corrected chi connectivity index (χ1v) is 5.53. The number of aliphatic carboxylic acids is 1. The molecule has 1 aliphatic heterocycles. The number of rotatable bonds is 3. The van der Waals surface area contributed by atoms with E-state index in [2.05, 4.69) is 8.92 Å². The van der Waals surface area contributed by atoms with Gasteiger partial charge in [-0.2, -0.15) is 0 Å². The maximum atomic E-state index is 10.5. The van der Waals surface area contributed by atoms with E-state index in [4.69, 9.17) is 10.2 Å². The van der Waals surface area contributed by atoms with E-state index in [0.717, 1.165) is 0 Å². The van der Waals surface area contributed by atoms with Crippen molar-refractivity contribution in [3.05, 3.63) is 0 Å². The molecule has 0 aromatic carbocycles. The molecule has 18 heavy (non-hydrogen) atoms. The van der Waals surface area contributed by atoms with Crippen LogP contribution in [-0.2, 0) is 24.1 Å². The molecule has 0 aromatic heterocycles. The van der Waals surface area contributed by atoms with Gasteiger partial charge in [0.25, 0.3) is 0 Å². The molecule has 0 aliphatic carbocycles. The van der Waals surface area contributed by atoms with Crippen molar-refractivity contribution in [1.82, 2.24) is 0 Å². The van der Waals surface area contributed by atoms with Crippen molar-refractivity contribution < 1.29 is 76.7 Å². The monoisotopic (exact) mass is 296 g/mol. The van der Waals surface area contributed by atoms with E-state index in [1.165, 1.54) is 0 Å². The number of hydrogen-bond acceptors (Lipinski definition) is 9. The second-order valence-corrected chi connectivity index (χ2v) is 4.24. The van der Waals surface area contributed by atoms with Gasteiger partial charge in [-0.05, 0) is 0 Å². The molecule has 1 aliphatic rings. The molecule has 1 rings (SSSR count). The fourth-order valence-corrected chi connectivity index (χ4v) is 1.78. The Bertz CT molecular complexity index is 395. The van der Waals surface area contributed by atoms with Crippen molar-refractivity contribution in [1.29, 1.82) is 0 Å². The van der Waals surface area contributed by atoms with Crippen molar-refractivity contribution in [2.24, 2.45) is 0 Å². The van der Waals surface area contributed by atoms with Crippen LogP contribution in [0.1, 0.15) is 0 Å². The van der Waals surface area contributed by atoms with Gasteiger partial charge in [0.15, 0.2) is 18.5 Å². The molecule has 4 N–H and O–H groups in total. The summed E-state index contributed by atoms with van der Waals surface area (Å²) in [4.78, 5) is 10.5. The Labute approximate surface area is 123 Å². The van der Waals surface area contributed by atoms with E-state index in [1.54, 1.807) is 0 Å². The SMILES string of the molecule is O=C(O)[C@H]1OC(O)[C@@H](OS(=O)(=O)[O-])[C@H](O)[C@H]1O.[Na+]. The zero-order valence-corrected chi connectivity index (χ0v) is 11.8. The van der Waals surface area contributed by atoms with Crippen molar-refractivity contribution in [2.75, 3.05) is 0 Å². The molecule has 1 fully saturated rings. The summed E-state index contributed by atoms with van der Waals surface area (Å²) in [6.45, 7) is 0.